The van der Waals surface area contributed by atoms with Crippen LogP contribution in [0.3, 0.4) is 0 Å². The van der Waals surface area contributed by atoms with Crippen molar-refractivity contribution in [2.45, 2.75) is 0 Å². The third-order valence-corrected chi connectivity index (χ3v) is 2.02. The molecule has 0 unspecified atom stereocenters. The average Bonchev–Trinajstić information content (AvgIpc) is 2.45. The molecule has 0 fully saturated rings. The normalized spacial score (nSPS) is 11.2. The Morgan fingerprint density at radius 3 is 1.44 bits per heavy atom. The topological polar surface area (TPSA) is 78.7 Å². The Hall–Kier alpha value is -2.60. The van der Waals surface area contributed by atoms with Gasteiger partial charge in [0.2, 0.25) is 0 Å². The van der Waals surface area contributed by atoms with Crippen LogP contribution in [0.15, 0.2) is 81.3 Å². The number of hydrazine groups is 1. The maximum absolute atomic E-state index is 5.48. The summed E-state index contributed by atoms with van der Waals surface area (Å²) in [6, 6.07) is 18.5. The summed E-state index contributed by atoms with van der Waals surface area (Å²) in [5.41, 5.74) is 1.39. The predicted molar refractivity (Wildman–Crippen MR) is 67.9 cm³/mol. The highest BCUT2D eigenvalue weighted by Gasteiger charge is 1.91. The molecule has 0 heterocycles. The van der Waals surface area contributed by atoms with Crippen molar-refractivity contribution in [1.29, 1.82) is 0 Å². The van der Waals surface area contributed by atoms with E-state index in [9.17, 15) is 0 Å². The van der Waals surface area contributed by atoms with Crippen LogP contribution in [0, 0.1) is 0 Å². The van der Waals surface area contributed by atoms with Crippen molar-refractivity contribution < 1.29 is 0 Å². The highest BCUT2D eigenvalue weighted by molar-refractivity contribution is 5.35. The van der Waals surface area contributed by atoms with Crippen molar-refractivity contribution in [1.82, 2.24) is 5.23 Å². The number of nitrogens with zero attached hydrogens (tertiary/aromatic N) is 5. The molecule has 90 valence electrons. The maximum Gasteiger partial charge on any atom is 0.0875 e. The molecule has 0 aliphatic carbocycles. The van der Waals surface area contributed by atoms with E-state index in [-0.39, 0.29) is 0 Å². The summed E-state index contributed by atoms with van der Waals surface area (Å²) in [6.07, 6.45) is 0. The summed E-state index contributed by atoms with van der Waals surface area (Å²) in [4.78, 5) is 0. The SMILES string of the molecule is NN(N=Nc1ccccc1)N=Nc1ccccc1. The molecule has 0 aromatic heterocycles. The first-order chi connectivity index (χ1) is 8.84. The molecule has 2 rings (SSSR count). The molecule has 6 nitrogen and oxygen atoms in total. The number of nitrogens with two attached hydrogens (primary N) is 1. The largest absolute Gasteiger partial charge is 0.206 e. The Labute approximate surface area is 104 Å². The summed E-state index contributed by atoms with van der Waals surface area (Å²) < 4.78 is 0. The second-order valence-corrected chi connectivity index (χ2v) is 3.37. The van der Waals surface area contributed by atoms with Crippen molar-refractivity contribution in [2.24, 2.45) is 26.5 Å². The zero-order chi connectivity index (χ0) is 12.6. The molecule has 2 aromatic rings. The van der Waals surface area contributed by atoms with E-state index in [4.69, 9.17) is 5.84 Å². The van der Waals surface area contributed by atoms with Gasteiger partial charge in [-0.05, 0) is 34.7 Å². The Bertz CT molecular complexity index is 473. The first-order valence-corrected chi connectivity index (χ1v) is 5.33. The van der Waals surface area contributed by atoms with Gasteiger partial charge < -0.3 is 0 Å². The maximum atomic E-state index is 5.48. The smallest absolute Gasteiger partial charge is 0.0875 e. The molecule has 6 heteroatoms. The average molecular weight is 240 g/mol. The summed E-state index contributed by atoms with van der Waals surface area (Å²) in [7, 11) is 0. The lowest BCUT2D eigenvalue weighted by molar-refractivity contribution is 0.275. The van der Waals surface area contributed by atoms with Gasteiger partial charge in [0.05, 0.1) is 11.4 Å². The minimum absolute atomic E-state index is 0.697. The van der Waals surface area contributed by atoms with Gasteiger partial charge in [-0.3, -0.25) is 0 Å². The van der Waals surface area contributed by atoms with Gasteiger partial charge in [0.1, 0.15) is 0 Å². The third kappa shape index (κ3) is 3.76. The molecule has 0 spiro atoms. The van der Waals surface area contributed by atoms with Crippen LogP contribution in [0.4, 0.5) is 11.4 Å². The van der Waals surface area contributed by atoms with Gasteiger partial charge >= 0.3 is 0 Å². The summed E-state index contributed by atoms with van der Waals surface area (Å²) in [5.74, 6) is 5.48. The third-order valence-electron chi connectivity index (χ3n) is 2.02. The van der Waals surface area contributed by atoms with Crippen molar-refractivity contribution in [3.8, 4) is 0 Å². The van der Waals surface area contributed by atoms with Crippen LogP contribution in [0.25, 0.3) is 0 Å². The van der Waals surface area contributed by atoms with Gasteiger partial charge in [-0.2, -0.15) is 0 Å². The molecule has 0 radical (unpaired) electrons. The fourth-order valence-electron chi connectivity index (χ4n) is 1.20. The molecule has 0 saturated heterocycles. The van der Waals surface area contributed by atoms with Crippen molar-refractivity contribution in [3.05, 3.63) is 60.7 Å². The van der Waals surface area contributed by atoms with Crippen LogP contribution in [-0.2, 0) is 0 Å². The lowest BCUT2D eigenvalue weighted by Gasteiger charge is -2.00. The predicted octanol–water partition coefficient (Wildman–Crippen LogP) is 3.56. The van der Waals surface area contributed by atoms with E-state index in [1.54, 1.807) is 0 Å². The molecule has 0 aliphatic heterocycles. The first kappa shape index (κ1) is 11.9. The molecule has 2 aromatic carbocycles. The second-order valence-electron chi connectivity index (χ2n) is 3.37. The molecular formula is C12H12N6. The minimum atomic E-state index is 0.697. The summed E-state index contributed by atoms with van der Waals surface area (Å²) in [5, 5.41) is 16.0. The number of hydrogen-bond donors (Lipinski definition) is 1. The van der Waals surface area contributed by atoms with Gasteiger partial charge in [-0.15, -0.1) is 10.2 Å². The number of benzene rings is 2. The van der Waals surface area contributed by atoms with E-state index < -0.39 is 0 Å². The van der Waals surface area contributed by atoms with E-state index >= 15 is 0 Å². The highest BCUT2D eigenvalue weighted by Crippen LogP contribution is 2.12. The van der Waals surface area contributed by atoms with Crippen LogP contribution in [0.5, 0.6) is 0 Å². The number of rotatable bonds is 4. The number of hydrogen-bond acceptors (Lipinski definition) is 5. The van der Waals surface area contributed by atoms with E-state index in [1.807, 2.05) is 60.7 Å². The van der Waals surface area contributed by atoms with Crippen molar-refractivity contribution >= 4 is 11.4 Å². The zero-order valence-corrected chi connectivity index (χ0v) is 9.59. The van der Waals surface area contributed by atoms with E-state index in [0.29, 0.717) is 11.4 Å². The molecule has 0 atom stereocenters. The second kappa shape index (κ2) is 6.21. The molecule has 0 aliphatic rings. The fraction of sp³-hybridized carbons (Fsp3) is 0. The quantitative estimate of drug-likeness (QED) is 0.503. The molecule has 0 amide bonds. The van der Waals surface area contributed by atoms with Crippen LogP contribution in [0.2, 0.25) is 0 Å². The highest BCUT2D eigenvalue weighted by atomic mass is 15.9. The summed E-state index contributed by atoms with van der Waals surface area (Å²) in [6.45, 7) is 0. The zero-order valence-electron chi connectivity index (χ0n) is 9.59. The van der Waals surface area contributed by atoms with Gasteiger partial charge in [0.15, 0.2) is 0 Å². The van der Waals surface area contributed by atoms with E-state index in [2.05, 4.69) is 20.7 Å². The Balaban J connectivity index is 1.95. The molecule has 18 heavy (non-hydrogen) atoms. The van der Waals surface area contributed by atoms with Gasteiger partial charge in [-0.1, -0.05) is 41.6 Å². The lowest BCUT2D eigenvalue weighted by atomic mass is 10.3. The standard InChI is InChI=1S/C12H12N6/c13-18(16-14-11-7-3-1-4-8-11)17-15-12-9-5-2-6-10-12/h1-10H,13H2. The van der Waals surface area contributed by atoms with Crippen LogP contribution >= 0.6 is 0 Å². The van der Waals surface area contributed by atoms with Crippen LogP contribution < -0.4 is 5.84 Å². The van der Waals surface area contributed by atoms with Crippen LogP contribution in [-0.4, -0.2) is 5.23 Å². The summed E-state index contributed by atoms with van der Waals surface area (Å²) >= 11 is 0. The van der Waals surface area contributed by atoms with E-state index in [0.717, 1.165) is 5.23 Å². The van der Waals surface area contributed by atoms with Crippen molar-refractivity contribution in [3.63, 3.8) is 0 Å². The Morgan fingerprint density at radius 1 is 0.667 bits per heavy atom. The Morgan fingerprint density at radius 2 is 1.06 bits per heavy atom. The van der Waals surface area contributed by atoms with Gasteiger partial charge in [0, 0.05) is 0 Å². The Kier molecular flexibility index (Phi) is 4.10. The van der Waals surface area contributed by atoms with Crippen molar-refractivity contribution in [2.75, 3.05) is 0 Å². The minimum Gasteiger partial charge on any atom is -0.206 e. The first-order valence-electron chi connectivity index (χ1n) is 5.33. The van der Waals surface area contributed by atoms with Gasteiger partial charge in [0.25, 0.3) is 0 Å². The molecular weight excluding hydrogens is 228 g/mol. The van der Waals surface area contributed by atoms with Gasteiger partial charge in [-0.25, -0.2) is 5.84 Å². The molecule has 0 saturated carbocycles. The lowest BCUT2D eigenvalue weighted by Crippen LogP contribution is -2.16. The fourth-order valence-corrected chi connectivity index (χ4v) is 1.20. The van der Waals surface area contributed by atoms with E-state index in [1.165, 1.54) is 0 Å². The van der Waals surface area contributed by atoms with Crippen LogP contribution in [0.1, 0.15) is 0 Å². The molecule has 0 bridgehead atoms. The monoisotopic (exact) mass is 240 g/mol. The molecule has 2 N–H and O–H groups in total.